The van der Waals surface area contributed by atoms with E-state index < -0.39 is 0 Å². The Morgan fingerprint density at radius 2 is 2.00 bits per heavy atom. The molecule has 2 nitrogen and oxygen atoms in total. The molecular weight excluding hydrogens is 162 g/mol. The summed E-state index contributed by atoms with van der Waals surface area (Å²) in [6, 6.07) is 0. The SMILES string of the molecule is C=C(C)C1(C)CN(C(=O)C2CC2)C1. The lowest BCUT2D eigenvalue weighted by Gasteiger charge is -2.48. The van der Waals surface area contributed by atoms with Gasteiger partial charge in [0.1, 0.15) is 0 Å². The van der Waals surface area contributed by atoms with Crippen molar-refractivity contribution in [3.8, 4) is 0 Å². The molecular formula is C11H17NO. The van der Waals surface area contributed by atoms with Gasteiger partial charge in [-0.1, -0.05) is 19.1 Å². The van der Waals surface area contributed by atoms with Crippen LogP contribution in [-0.4, -0.2) is 23.9 Å². The summed E-state index contributed by atoms with van der Waals surface area (Å²) in [5.41, 5.74) is 1.40. The maximum atomic E-state index is 11.6. The van der Waals surface area contributed by atoms with Crippen LogP contribution in [0.25, 0.3) is 0 Å². The van der Waals surface area contributed by atoms with Crippen LogP contribution in [0.2, 0.25) is 0 Å². The minimum absolute atomic E-state index is 0.199. The van der Waals surface area contributed by atoms with Crippen LogP contribution in [0.15, 0.2) is 12.2 Å². The Bertz CT molecular complexity index is 259. The highest BCUT2D eigenvalue weighted by Crippen LogP contribution is 2.40. The topological polar surface area (TPSA) is 20.3 Å². The van der Waals surface area contributed by atoms with Gasteiger partial charge in [-0.05, 0) is 19.8 Å². The van der Waals surface area contributed by atoms with E-state index >= 15 is 0 Å². The van der Waals surface area contributed by atoms with Crippen molar-refractivity contribution in [3.05, 3.63) is 12.2 Å². The summed E-state index contributed by atoms with van der Waals surface area (Å²) in [5.74, 6) is 0.744. The Morgan fingerprint density at radius 3 is 2.38 bits per heavy atom. The summed E-state index contributed by atoms with van der Waals surface area (Å²) in [5, 5.41) is 0. The molecule has 1 aliphatic carbocycles. The number of nitrogens with zero attached hydrogens (tertiary/aromatic N) is 1. The summed E-state index contributed by atoms with van der Waals surface area (Å²) < 4.78 is 0. The van der Waals surface area contributed by atoms with E-state index in [-0.39, 0.29) is 5.41 Å². The van der Waals surface area contributed by atoms with Crippen LogP contribution < -0.4 is 0 Å². The van der Waals surface area contributed by atoms with Crippen molar-refractivity contribution in [2.24, 2.45) is 11.3 Å². The number of hydrogen-bond donors (Lipinski definition) is 0. The smallest absolute Gasteiger partial charge is 0.225 e. The minimum Gasteiger partial charge on any atom is -0.341 e. The first kappa shape index (κ1) is 8.79. The fourth-order valence-electron chi connectivity index (χ4n) is 1.81. The Morgan fingerprint density at radius 1 is 1.46 bits per heavy atom. The van der Waals surface area contributed by atoms with E-state index in [2.05, 4.69) is 20.4 Å². The monoisotopic (exact) mass is 179 g/mol. The first-order valence-electron chi connectivity index (χ1n) is 4.98. The lowest BCUT2D eigenvalue weighted by molar-refractivity contribution is -0.141. The first-order valence-corrected chi connectivity index (χ1v) is 4.98. The quantitative estimate of drug-likeness (QED) is 0.592. The number of carbonyl (C=O) groups excluding carboxylic acids is 1. The molecule has 0 aromatic carbocycles. The predicted octanol–water partition coefficient (Wildman–Crippen LogP) is 1.82. The average Bonchev–Trinajstić information content (AvgIpc) is 2.78. The molecule has 0 spiro atoms. The number of hydrogen-bond acceptors (Lipinski definition) is 1. The third-order valence-corrected chi connectivity index (χ3v) is 3.35. The van der Waals surface area contributed by atoms with Gasteiger partial charge in [0.25, 0.3) is 0 Å². The van der Waals surface area contributed by atoms with E-state index in [1.54, 1.807) is 0 Å². The zero-order valence-electron chi connectivity index (χ0n) is 8.47. The molecule has 2 aliphatic rings. The fourth-order valence-corrected chi connectivity index (χ4v) is 1.81. The van der Waals surface area contributed by atoms with Gasteiger partial charge in [-0.2, -0.15) is 0 Å². The molecule has 0 radical (unpaired) electrons. The molecule has 1 aliphatic heterocycles. The number of carbonyl (C=O) groups is 1. The second-order valence-electron chi connectivity index (χ2n) is 4.81. The van der Waals surface area contributed by atoms with E-state index in [1.807, 2.05) is 4.90 Å². The van der Waals surface area contributed by atoms with E-state index in [1.165, 1.54) is 5.57 Å². The normalized spacial score (nSPS) is 25.2. The molecule has 1 heterocycles. The van der Waals surface area contributed by atoms with Crippen LogP contribution in [0.4, 0.5) is 0 Å². The molecule has 1 saturated carbocycles. The Hall–Kier alpha value is -0.790. The second-order valence-corrected chi connectivity index (χ2v) is 4.81. The molecule has 0 aromatic heterocycles. The molecule has 1 amide bonds. The Kier molecular flexibility index (Phi) is 1.76. The molecule has 0 unspecified atom stereocenters. The van der Waals surface area contributed by atoms with Crippen LogP contribution in [0.1, 0.15) is 26.7 Å². The maximum absolute atomic E-state index is 11.6. The molecule has 0 N–H and O–H groups in total. The lowest BCUT2D eigenvalue weighted by atomic mass is 9.76. The molecule has 2 fully saturated rings. The van der Waals surface area contributed by atoms with Gasteiger partial charge in [0.15, 0.2) is 0 Å². The number of rotatable bonds is 2. The van der Waals surface area contributed by atoms with Gasteiger partial charge in [-0.15, -0.1) is 0 Å². The lowest BCUT2D eigenvalue weighted by Crippen LogP contribution is -2.57. The minimum atomic E-state index is 0.199. The van der Waals surface area contributed by atoms with Crippen LogP contribution in [0.3, 0.4) is 0 Å². The highest BCUT2D eigenvalue weighted by molar-refractivity contribution is 5.82. The van der Waals surface area contributed by atoms with Gasteiger partial charge in [0.2, 0.25) is 5.91 Å². The van der Waals surface area contributed by atoms with Gasteiger partial charge in [-0.25, -0.2) is 0 Å². The molecule has 1 saturated heterocycles. The number of likely N-dealkylation sites (tertiary alicyclic amines) is 1. The van der Waals surface area contributed by atoms with Gasteiger partial charge in [0, 0.05) is 24.4 Å². The van der Waals surface area contributed by atoms with Crippen LogP contribution in [-0.2, 0) is 4.79 Å². The summed E-state index contributed by atoms with van der Waals surface area (Å²) in [6.45, 7) is 9.98. The van der Waals surface area contributed by atoms with Crippen molar-refractivity contribution in [1.29, 1.82) is 0 Å². The van der Waals surface area contributed by atoms with Gasteiger partial charge < -0.3 is 4.90 Å². The molecule has 13 heavy (non-hydrogen) atoms. The zero-order chi connectivity index (χ0) is 9.64. The third kappa shape index (κ3) is 1.38. The van der Waals surface area contributed by atoms with Crippen molar-refractivity contribution in [2.45, 2.75) is 26.7 Å². The van der Waals surface area contributed by atoms with E-state index in [0.29, 0.717) is 11.8 Å². The largest absolute Gasteiger partial charge is 0.341 e. The molecule has 2 rings (SSSR count). The molecule has 0 bridgehead atoms. The van der Waals surface area contributed by atoms with Crippen molar-refractivity contribution in [1.82, 2.24) is 4.90 Å². The van der Waals surface area contributed by atoms with Crippen molar-refractivity contribution >= 4 is 5.91 Å². The summed E-state index contributed by atoms with van der Waals surface area (Å²) in [7, 11) is 0. The maximum Gasteiger partial charge on any atom is 0.225 e. The standard InChI is InChI=1S/C11H17NO/c1-8(2)11(3)6-12(7-11)10(13)9-4-5-9/h9H,1,4-7H2,2-3H3. The predicted molar refractivity (Wildman–Crippen MR) is 52.2 cm³/mol. The van der Waals surface area contributed by atoms with Gasteiger partial charge in [-0.3, -0.25) is 4.79 Å². The summed E-state index contributed by atoms with van der Waals surface area (Å²) >= 11 is 0. The Labute approximate surface area is 79.6 Å². The fraction of sp³-hybridized carbons (Fsp3) is 0.727. The van der Waals surface area contributed by atoms with Crippen LogP contribution in [0, 0.1) is 11.3 Å². The Balaban J connectivity index is 1.89. The van der Waals surface area contributed by atoms with Crippen molar-refractivity contribution in [3.63, 3.8) is 0 Å². The summed E-state index contributed by atoms with van der Waals surface area (Å²) in [4.78, 5) is 13.6. The third-order valence-electron chi connectivity index (χ3n) is 3.35. The second kappa shape index (κ2) is 2.60. The highest BCUT2D eigenvalue weighted by atomic mass is 16.2. The molecule has 2 heteroatoms. The van der Waals surface area contributed by atoms with Gasteiger partial charge >= 0.3 is 0 Å². The van der Waals surface area contributed by atoms with Crippen molar-refractivity contribution in [2.75, 3.05) is 13.1 Å². The molecule has 72 valence electrons. The average molecular weight is 179 g/mol. The van der Waals surface area contributed by atoms with E-state index in [9.17, 15) is 4.79 Å². The van der Waals surface area contributed by atoms with Gasteiger partial charge in [0.05, 0.1) is 0 Å². The zero-order valence-corrected chi connectivity index (χ0v) is 8.47. The van der Waals surface area contributed by atoms with E-state index in [0.717, 1.165) is 25.9 Å². The highest BCUT2D eigenvalue weighted by Gasteiger charge is 2.45. The van der Waals surface area contributed by atoms with Crippen molar-refractivity contribution < 1.29 is 4.79 Å². The van der Waals surface area contributed by atoms with Crippen LogP contribution >= 0.6 is 0 Å². The first-order chi connectivity index (χ1) is 6.03. The van der Waals surface area contributed by atoms with Crippen LogP contribution in [0.5, 0.6) is 0 Å². The summed E-state index contributed by atoms with van der Waals surface area (Å²) in [6.07, 6.45) is 2.22. The molecule has 0 atom stereocenters. The number of amides is 1. The molecule has 0 aromatic rings. The van der Waals surface area contributed by atoms with E-state index in [4.69, 9.17) is 0 Å².